The van der Waals surface area contributed by atoms with Crippen LogP contribution in [0.2, 0.25) is 0 Å². The van der Waals surface area contributed by atoms with Crippen molar-refractivity contribution in [2.75, 3.05) is 0 Å². The summed E-state index contributed by atoms with van der Waals surface area (Å²) >= 11 is 0. The van der Waals surface area contributed by atoms with E-state index in [0.717, 1.165) is 18.4 Å². The molecule has 0 amide bonds. The molecule has 2 rings (SSSR count). The first kappa shape index (κ1) is 12.7. The topological polar surface area (TPSA) is 40.5 Å². The highest BCUT2D eigenvalue weighted by atomic mass is 16.3. The average Bonchev–Trinajstić information content (AvgIpc) is 2.38. The van der Waals surface area contributed by atoms with Crippen molar-refractivity contribution in [2.45, 2.75) is 25.4 Å². The van der Waals surface area contributed by atoms with Crippen LogP contribution in [0.1, 0.15) is 17.5 Å². The Kier molecular flexibility index (Phi) is 4.37. The standard InChI is InChI=1S/C16H18O2/c17-15-8-4-7-14(11-15)12-16(18)10-9-13-5-2-1-3-6-13/h1-8,11,16-18H,9-10,12H2. The summed E-state index contributed by atoms with van der Waals surface area (Å²) < 4.78 is 0. The number of hydrogen-bond acceptors (Lipinski definition) is 2. The molecular formula is C16H18O2. The number of rotatable bonds is 5. The van der Waals surface area contributed by atoms with Crippen LogP contribution in [0.3, 0.4) is 0 Å². The van der Waals surface area contributed by atoms with Gasteiger partial charge in [-0.15, -0.1) is 0 Å². The number of benzene rings is 2. The van der Waals surface area contributed by atoms with Crippen molar-refractivity contribution in [1.29, 1.82) is 0 Å². The second-order valence-corrected chi connectivity index (χ2v) is 4.55. The quantitative estimate of drug-likeness (QED) is 0.846. The summed E-state index contributed by atoms with van der Waals surface area (Å²) in [4.78, 5) is 0. The highest BCUT2D eigenvalue weighted by Crippen LogP contribution is 2.14. The van der Waals surface area contributed by atoms with Crippen molar-refractivity contribution in [3.63, 3.8) is 0 Å². The summed E-state index contributed by atoms with van der Waals surface area (Å²) in [7, 11) is 0. The molecule has 0 aliphatic carbocycles. The third-order valence-electron chi connectivity index (χ3n) is 2.99. The van der Waals surface area contributed by atoms with Crippen LogP contribution in [0.15, 0.2) is 54.6 Å². The molecule has 0 bridgehead atoms. The first-order valence-electron chi connectivity index (χ1n) is 6.24. The van der Waals surface area contributed by atoms with Crippen molar-refractivity contribution in [3.8, 4) is 5.75 Å². The molecule has 0 saturated carbocycles. The van der Waals surface area contributed by atoms with Gasteiger partial charge >= 0.3 is 0 Å². The number of phenols is 1. The van der Waals surface area contributed by atoms with E-state index in [1.807, 2.05) is 24.3 Å². The molecule has 1 atom stereocenters. The first-order valence-corrected chi connectivity index (χ1v) is 6.24. The minimum Gasteiger partial charge on any atom is -0.508 e. The van der Waals surface area contributed by atoms with E-state index in [4.69, 9.17) is 0 Å². The van der Waals surface area contributed by atoms with Gasteiger partial charge in [-0.3, -0.25) is 0 Å². The lowest BCUT2D eigenvalue weighted by Crippen LogP contribution is -2.11. The average molecular weight is 242 g/mol. The second-order valence-electron chi connectivity index (χ2n) is 4.55. The molecule has 2 nitrogen and oxygen atoms in total. The molecule has 2 heteroatoms. The fourth-order valence-corrected chi connectivity index (χ4v) is 2.04. The predicted octanol–water partition coefficient (Wildman–Crippen LogP) is 2.93. The molecule has 0 aromatic heterocycles. The molecule has 0 aliphatic rings. The van der Waals surface area contributed by atoms with Crippen molar-refractivity contribution in [1.82, 2.24) is 0 Å². The maximum absolute atomic E-state index is 9.97. The first-order chi connectivity index (χ1) is 8.74. The number of hydrogen-bond donors (Lipinski definition) is 2. The normalized spacial score (nSPS) is 12.3. The molecule has 2 aromatic carbocycles. The lowest BCUT2D eigenvalue weighted by atomic mass is 10.0. The molecule has 0 spiro atoms. The van der Waals surface area contributed by atoms with E-state index in [-0.39, 0.29) is 11.9 Å². The van der Waals surface area contributed by atoms with Gasteiger partial charge in [0.2, 0.25) is 0 Å². The Morgan fingerprint density at radius 1 is 0.889 bits per heavy atom. The highest BCUT2D eigenvalue weighted by Gasteiger charge is 2.06. The van der Waals surface area contributed by atoms with Crippen LogP contribution < -0.4 is 0 Å². The molecule has 2 N–H and O–H groups in total. The largest absolute Gasteiger partial charge is 0.508 e. The van der Waals surface area contributed by atoms with E-state index in [1.165, 1.54) is 5.56 Å². The van der Waals surface area contributed by atoms with Crippen LogP contribution in [-0.4, -0.2) is 16.3 Å². The van der Waals surface area contributed by atoms with E-state index in [1.54, 1.807) is 18.2 Å². The highest BCUT2D eigenvalue weighted by molar-refractivity contribution is 5.27. The Bertz CT molecular complexity index is 479. The number of aryl methyl sites for hydroxylation is 1. The monoisotopic (exact) mass is 242 g/mol. The minimum absolute atomic E-state index is 0.253. The van der Waals surface area contributed by atoms with Crippen LogP contribution in [0.5, 0.6) is 5.75 Å². The predicted molar refractivity (Wildman–Crippen MR) is 72.6 cm³/mol. The zero-order valence-corrected chi connectivity index (χ0v) is 10.3. The molecule has 1 unspecified atom stereocenters. The van der Waals surface area contributed by atoms with Crippen LogP contribution in [0.25, 0.3) is 0 Å². The lowest BCUT2D eigenvalue weighted by molar-refractivity contribution is 0.165. The third-order valence-corrected chi connectivity index (χ3v) is 2.99. The summed E-state index contributed by atoms with van der Waals surface area (Å²) in [5.74, 6) is 0.253. The van der Waals surface area contributed by atoms with Crippen LogP contribution in [-0.2, 0) is 12.8 Å². The minimum atomic E-state index is -0.369. The van der Waals surface area contributed by atoms with Crippen LogP contribution in [0, 0.1) is 0 Å². The number of aliphatic hydroxyl groups excluding tert-OH is 1. The van der Waals surface area contributed by atoms with Gasteiger partial charge in [0.25, 0.3) is 0 Å². The number of phenolic OH excluding ortho intramolecular Hbond substituents is 1. The fourth-order valence-electron chi connectivity index (χ4n) is 2.04. The van der Waals surface area contributed by atoms with Gasteiger partial charge < -0.3 is 10.2 Å². The van der Waals surface area contributed by atoms with Crippen molar-refractivity contribution < 1.29 is 10.2 Å². The van der Waals surface area contributed by atoms with Gasteiger partial charge in [0.1, 0.15) is 5.75 Å². The Morgan fingerprint density at radius 2 is 1.61 bits per heavy atom. The molecule has 0 saturated heterocycles. The fraction of sp³-hybridized carbons (Fsp3) is 0.250. The zero-order chi connectivity index (χ0) is 12.8. The zero-order valence-electron chi connectivity index (χ0n) is 10.3. The van der Waals surface area contributed by atoms with Crippen molar-refractivity contribution in [3.05, 3.63) is 65.7 Å². The second kappa shape index (κ2) is 6.22. The van der Waals surface area contributed by atoms with E-state index >= 15 is 0 Å². The molecule has 18 heavy (non-hydrogen) atoms. The van der Waals surface area contributed by atoms with E-state index in [0.29, 0.717) is 6.42 Å². The van der Waals surface area contributed by atoms with Gasteiger partial charge in [-0.25, -0.2) is 0 Å². The van der Waals surface area contributed by atoms with Crippen LogP contribution >= 0.6 is 0 Å². The van der Waals surface area contributed by atoms with Crippen molar-refractivity contribution >= 4 is 0 Å². The smallest absolute Gasteiger partial charge is 0.115 e. The Hall–Kier alpha value is -1.80. The molecule has 2 aromatic rings. The molecule has 0 aliphatic heterocycles. The number of aliphatic hydroxyl groups is 1. The maximum Gasteiger partial charge on any atom is 0.115 e. The summed E-state index contributed by atoms with van der Waals surface area (Å²) in [5.41, 5.74) is 2.21. The van der Waals surface area contributed by atoms with E-state index in [2.05, 4.69) is 12.1 Å². The van der Waals surface area contributed by atoms with Crippen molar-refractivity contribution in [2.24, 2.45) is 0 Å². The summed E-state index contributed by atoms with van der Waals surface area (Å²) in [6.07, 6.45) is 1.83. The number of aromatic hydroxyl groups is 1. The Labute approximate surface area is 108 Å². The van der Waals surface area contributed by atoms with Gasteiger partial charge in [0.05, 0.1) is 6.10 Å². The van der Waals surface area contributed by atoms with E-state index in [9.17, 15) is 10.2 Å². The maximum atomic E-state index is 9.97. The van der Waals surface area contributed by atoms with Gasteiger partial charge in [0, 0.05) is 0 Å². The SMILES string of the molecule is Oc1cccc(CC(O)CCc2ccccc2)c1. The summed E-state index contributed by atoms with van der Waals surface area (Å²) in [6, 6.07) is 17.2. The van der Waals surface area contributed by atoms with Crippen LogP contribution in [0.4, 0.5) is 0 Å². The Balaban J connectivity index is 1.84. The summed E-state index contributed by atoms with van der Waals surface area (Å²) in [6.45, 7) is 0. The van der Waals surface area contributed by atoms with E-state index < -0.39 is 0 Å². The Morgan fingerprint density at radius 3 is 2.33 bits per heavy atom. The molecule has 0 heterocycles. The molecule has 94 valence electrons. The molecular weight excluding hydrogens is 224 g/mol. The van der Waals surface area contributed by atoms with Gasteiger partial charge in [-0.05, 0) is 42.5 Å². The molecule has 0 fully saturated rings. The van der Waals surface area contributed by atoms with Gasteiger partial charge in [-0.2, -0.15) is 0 Å². The van der Waals surface area contributed by atoms with Gasteiger partial charge in [-0.1, -0.05) is 42.5 Å². The molecule has 0 radical (unpaired) electrons. The van der Waals surface area contributed by atoms with Gasteiger partial charge in [0.15, 0.2) is 0 Å². The third kappa shape index (κ3) is 3.90. The summed E-state index contributed by atoms with van der Waals surface area (Å²) in [5, 5.41) is 19.3. The lowest BCUT2D eigenvalue weighted by Gasteiger charge is -2.10.